The molecule has 0 unspecified atom stereocenters. The summed E-state index contributed by atoms with van der Waals surface area (Å²) in [4.78, 5) is 15.0. The van der Waals surface area contributed by atoms with E-state index in [1.807, 2.05) is 0 Å². The second kappa shape index (κ2) is 4.06. The Bertz CT molecular complexity index is 677. The van der Waals surface area contributed by atoms with Crippen LogP contribution in [0.4, 0.5) is 4.39 Å². The summed E-state index contributed by atoms with van der Waals surface area (Å²) < 4.78 is 18.8. The summed E-state index contributed by atoms with van der Waals surface area (Å²) in [6.07, 6.45) is 3.00. The number of fused-ring (bicyclic) bond motifs is 1. The van der Waals surface area contributed by atoms with E-state index in [-0.39, 0.29) is 0 Å². The van der Waals surface area contributed by atoms with Crippen molar-refractivity contribution in [2.24, 2.45) is 0 Å². The van der Waals surface area contributed by atoms with Crippen LogP contribution in [0.25, 0.3) is 22.6 Å². The van der Waals surface area contributed by atoms with Gasteiger partial charge in [0, 0.05) is 6.07 Å². The van der Waals surface area contributed by atoms with Crippen LogP contribution in [0, 0.1) is 5.82 Å². The number of halogens is 1. The molecule has 6 heteroatoms. The van der Waals surface area contributed by atoms with Crippen molar-refractivity contribution in [2.75, 3.05) is 7.11 Å². The molecule has 0 amide bonds. The molecule has 18 heavy (non-hydrogen) atoms. The van der Waals surface area contributed by atoms with E-state index < -0.39 is 5.82 Å². The number of H-pyrrole nitrogens is 1. The molecule has 3 rings (SSSR count). The van der Waals surface area contributed by atoms with Gasteiger partial charge in [0.1, 0.15) is 29.2 Å². The van der Waals surface area contributed by atoms with Crippen LogP contribution in [0.1, 0.15) is 0 Å². The zero-order chi connectivity index (χ0) is 12.5. The zero-order valence-electron chi connectivity index (χ0n) is 9.51. The standard InChI is InChI=1S/C12H9FN4O/c1-18-7-2-3-8(9(13)4-7)11-16-10-5-14-6-15-12(10)17-11/h2-6H,1H3,(H,14,15,16,17). The first-order valence-corrected chi connectivity index (χ1v) is 5.27. The van der Waals surface area contributed by atoms with Crippen LogP contribution >= 0.6 is 0 Å². The Morgan fingerprint density at radius 1 is 1.33 bits per heavy atom. The molecule has 0 aliphatic carbocycles. The molecule has 0 aliphatic heterocycles. The number of benzene rings is 1. The quantitative estimate of drug-likeness (QED) is 0.750. The van der Waals surface area contributed by atoms with Crippen molar-refractivity contribution in [3.05, 3.63) is 36.5 Å². The largest absolute Gasteiger partial charge is 0.497 e. The maximum absolute atomic E-state index is 13.9. The number of methoxy groups -OCH3 is 1. The fourth-order valence-electron chi connectivity index (χ4n) is 1.70. The van der Waals surface area contributed by atoms with E-state index in [4.69, 9.17) is 4.74 Å². The normalized spacial score (nSPS) is 10.8. The molecule has 0 atom stereocenters. The van der Waals surface area contributed by atoms with Gasteiger partial charge in [-0.2, -0.15) is 0 Å². The third-order valence-corrected chi connectivity index (χ3v) is 2.59. The lowest BCUT2D eigenvalue weighted by atomic mass is 10.2. The second-order valence-corrected chi connectivity index (χ2v) is 3.69. The Morgan fingerprint density at radius 3 is 2.94 bits per heavy atom. The van der Waals surface area contributed by atoms with Crippen LogP contribution in [0.3, 0.4) is 0 Å². The molecule has 0 spiro atoms. The smallest absolute Gasteiger partial charge is 0.181 e. The van der Waals surface area contributed by atoms with Crippen LogP contribution in [-0.4, -0.2) is 27.0 Å². The van der Waals surface area contributed by atoms with Crippen molar-refractivity contribution in [2.45, 2.75) is 0 Å². The molecule has 0 radical (unpaired) electrons. The molecule has 0 bridgehead atoms. The van der Waals surface area contributed by atoms with Crippen LogP contribution in [0.2, 0.25) is 0 Å². The molecular weight excluding hydrogens is 235 g/mol. The van der Waals surface area contributed by atoms with E-state index in [0.29, 0.717) is 28.3 Å². The van der Waals surface area contributed by atoms with Gasteiger partial charge in [-0.25, -0.2) is 19.3 Å². The highest BCUT2D eigenvalue weighted by atomic mass is 19.1. The Hall–Kier alpha value is -2.50. The topological polar surface area (TPSA) is 63.7 Å². The summed E-state index contributed by atoms with van der Waals surface area (Å²) >= 11 is 0. The maximum atomic E-state index is 13.9. The van der Waals surface area contributed by atoms with Gasteiger partial charge in [-0.05, 0) is 12.1 Å². The minimum absolute atomic E-state index is 0.369. The predicted octanol–water partition coefficient (Wildman–Crippen LogP) is 2.17. The molecular formula is C12H9FN4O. The number of nitrogens with one attached hydrogen (secondary N) is 1. The Balaban J connectivity index is 2.14. The Morgan fingerprint density at radius 2 is 2.22 bits per heavy atom. The van der Waals surface area contributed by atoms with Crippen LogP contribution in [0.5, 0.6) is 5.75 Å². The number of aromatic amines is 1. The van der Waals surface area contributed by atoms with Crippen LogP contribution in [-0.2, 0) is 0 Å². The average Bonchev–Trinajstić information content (AvgIpc) is 2.81. The number of hydrogen-bond acceptors (Lipinski definition) is 4. The lowest BCUT2D eigenvalue weighted by molar-refractivity contribution is 0.411. The minimum Gasteiger partial charge on any atom is -0.497 e. The number of ether oxygens (including phenoxy) is 1. The van der Waals surface area contributed by atoms with E-state index in [2.05, 4.69) is 19.9 Å². The molecule has 1 aromatic carbocycles. The third kappa shape index (κ3) is 1.67. The third-order valence-electron chi connectivity index (χ3n) is 2.59. The van der Waals surface area contributed by atoms with E-state index in [9.17, 15) is 4.39 Å². The molecule has 0 saturated heterocycles. The van der Waals surface area contributed by atoms with Crippen molar-refractivity contribution in [1.29, 1.82) is 0 Å². The molecule has 1 N–H and O–H groups in total. The molecule has 3 aromatic rings. The lowest BCUT2D eigenvalue weighted by Gasteiger charge is -2.02. The van der Waals surface area contributed by atoms with Gasteiger partial charge in [-0.15, -0.1) is 0 Å². The molecule has 0 saturated carbocycles. The van der Waals surface area contributed by atoms with E-state index in [1.54, 1.807) is 18.3 Å². The molecule has 2 heterocycles. The average molecular weight is 244 g/mol. The monoisotopic (exact) mass is 244 g/mol. The first kappa shape index (κ1) is 10.6. The minimum atomic E-state index is -0.402. The van der Waals surface area contributed by atoms with E-state index >= 15 is 0 Å². The number of rotatable bonds is 2. The fourth-order valence-corrected chi connectivity index (χ4v) is 1.70. The van der Waals surface area contributed by atoms with Crippen molar-refractivity contribution < 1.29 is 9.13 Å². The van der Waals surface area contributed by atoms with Gasteiger partial charge < -0.3 is 9.72 Å². The Labute approximate surface area is 102 Å². The number of aromatic nitrogens is 4. The highest BCUT2D eigenvalue weighted by Gasteiger charge is 2.11. The van der Waals surface area contributed by atoms with Gasteiger partial charge in [0.2, 0.25) is 0 Å². The highest BCUT2D eigenvalue weighted by molar-refractivity contribution is 5.75. The van der Waals surface area contributed by atoms with Crippen LogP contribution < -0.4 is 4.74 Å². The lowest BCUT2D eigenvalue weighted by Crippen LogP contribution is -1.89. The van der Waals surface area contributed by atoms with E-state index in [1.165, 1.54) is 19.5 Å². The summed E-state index contributed by atoms with van der Waals surface area (Å²) in [6, 6.07) is 4.60. The van der Waals surface area contributed by atoms with Crippen molar-refractivity contribution in [3.63, 3.8) is 0 Å². The SMILES string of the molecule is COc1ccc(-c2nc3ncncc3[nH]2)c(F)c1. The van der Waals surface area contributed by atoms with Crippen molar-refractivity contribution in [3.8, 4) is 17.1 Å². The van der Waals surface area contributed by atoms with Gasteiger partial charge in [-0.3, -0.25) is 0 Å². The van der Waals surface area contributed by atoms with Gasteiger partial charge in [0.15, 0.2) is 5.65 Å². The number of imidazole rings is 1. The highest BCUT2D eigenvalue weighted by Crippen LogP contribution is 2.25. The summed E-state index contributed by atoms with van der Waals surface area (Å²) in [6.45, 7) is 0. The van der Waals surface area contributed by atoms with Crippen molar-refractivity contribution in [1.82, 2.24) is 19.9 Å². The number of nitrogens with zero attached hydrogens (tertiary/aromatic N) is 3. The first-order valence-electron chi connectivity index (χ1n) is 5.27. The first-order chi connectivity index (χ1) is 8.78. The molecule has 90 valence electrons. The van der Waals surface area contributed by atoms with Gasteiger partial charge in [0.25, 0.3) is 0 Å². The summed E-state index contributed by atoms with van der Waals surface area (Å²) in [5, 5.41) is 0. The summed E-state index contributed by atoms with van der Waals surface area (Å²) in [7, 11) is 1.49. The zero-order valence-corrected chi connectivity index (χ0v) is 9.51. The second-order valence-electron chi connectivity index (χ2n) is 3.69. The maximum Gasteiger partial charge on any atom is 0.181 e. The molecule has 0 fully saturated rings. The fraction of sp³-hybridized carbons (Fsp3) is 0.0833. The van der Waals surface area contributed by atoms with Crippen LogP contribution in [0.15, 0.2) is 30.7 Å². The Kier molecular flexibility index (Phi) is 2.40. The van der Waals surface area contributed by atoms with Gasteiger partial charge in [-0.1, -0.05) is 0 Å². The van der Waals surface area contributed by atoms with Gasteiger partial charge in [0.05, 0.1) is 18.9 Å². The van der Waals surface area contributed by atoms with Gasteiger partial charge >= 0.3 is 0 Å². The summed E-state index contributed by atoms with van der Waals surface area (Å²) in [5.41, 5.74) is 1.55. The van der Waals surface area contributed by atoms with E-state index in [0.717, 1.165) is 0 Å². The summed E-state index contributed by atoms with van der Waals surface area (Å²) in [5.74, 6) is 0.485. The molecule has 0 aliphatic rings. The number of hydrogen-bond donors (Lipinski definition) is 1. The molecule has 5 nitrogen and oxygen atoms in total. The predicted molar refractivity (Wildman–Crippen MR) is 63.6 cm³/mol. The molecule has 2 aromatic heterocycles. The van der Waals surface area contributed by atoms with Crippen molar-refractivity contribution >= 4 is 11.2 Å².